The van der Waals surface area contributed by atoms with Crippen LogP contribution in [0.25, 0.3) is 0 Å². The van der Waals surface area contributed by atoms with E-state index in [9.17, 15) is 14.0 Å². The SMILES string of the molecule is NC(=O)c1nccnc1[C@@H](CCN1CC2CN(C(=O)c3c(F)cccc3Cl)CC2C1)c1ccccc1. The molecule has 2 saturated heterocycles. The summed E-state index contributed by atoms with van der Waals surface area (Å²) in [7, 11) is 0. The van der Waals surface area contributed by atoms with Crippen molar-refractivity contribution in [2.24, 2.45) is 17.6 Å². The average molecular weight is 508 g/mol. The van der Waals surface area contributed by atoms with E-state index in [0.29, 0.717) is 30.6 Å². The van der Waals surface area contributed by atoms with Crippen LogP contribution in [0.5, 0.6) is 0 Å². The lowest BCUT2D eigenvalue weighted by molar-refractivity contribution is 0.0769. The molecule has 1 aromatic heterocycles. The molecule has 2 N–H and O–H groups in total. The van der Waals surface area contributed by atoms with E-state index in [4.69, 9.17) is 17.3 Å². The summed E-state index contributed by atoms with van der Waals surface area (Å²) in [6.07, 6.45) is 3.82. The van der Waals surface area contributed by atoms with Gasteiger partial charge in [0.05, 0.1) is 16.3 Å². The molecular weight excluding hydrogens is 481 g/mol. The zero-order valence-electron chi connectivity index (χ0n) is 19.7. The van der Waals surface area contributed by atoms with E-state index in [-0.39, 0.29) is 28.1 Å². The van der Waals surface area contributed by atoms with Crippen molar-refractivity contribution in [3.8, 4) is 0 Å². The molecule has 0 spiro atoms. The number of carbonyl (C=O) groups excluding carboxylic acids is 2. The molecule has 3 aromatic rings. The highest BCUT2D eigenvalue weighted by atomic mass is 35.5. The lowest BCUT2D eigenvalue weighted by Gasteiger charge is -2.24. The third-order valence-electron chi connectivity index (χ3n) is 7.25. The molecule has 36 heavy (non-hydrogen) atoms. The first kappa shape index (κ1) is 24.3. The summed E-state index contributed by atoms with van der Waals surface area (Å²) < 4.78 is 14.3. The van der Waals surface area contributed by atoms with Gasteiger partial charge in [-0.1, -0.05) is 48.0 Å². The maximum atomic E-state index is 14.3. The van der Waals surface area contributed by atoms with Crippen LogP contribution in [0.2, 0.25) is 5.02 Å². The number of aromatic nitrogens is 2. The number of benzene rings is 2. The Morgan fingerprint density at radius 1 is 1.00 bits per heavy atom. The number of primary amides is 1. The maximum absolute atomic E-state index is 14.3. The fourth-order valence-electron chi connectivity index (χ4n) is 5.55. The predicted octanol–water partition coefficient (Wildman–Crippen LogP) is 3.59. The van der Waals surface area contributed by atoms with Gasteiger partial charge in [0.15, 0.2) is 0 Å². The Balaban J connectivity index is 1.25. The second-order valence-corrected chi connectivity index (χ2v) is 9.90. The van der Waals surface area contributed by atoms with Gasteiger partial charge in [-0.15, -0.1) is 0 Å². The number of hydrogen-bond donors (Lipinski definition) is 1. The van der Waals surface area contributed by atoms with Crippen molar-refractivity contribution in [2.45, 2.75) is 12.3 Å². The molecule has 2 unspecified atom stereocenters. The van der Waals surface area contributed by atoms with Gasteiger partial charge in [0, 0.05) is 44.5 Å². The van der Waals surface area contributed by atoms with Crippen LogP contribution >= 0.6 is 11.6 Å². The molecule has 0 saturated carbocycles. The van der Waals surface area contributed by atoms with Crippen molar-refractivity contribution in [1.82, 2.24) is 19.8 Å². The van der Waals surface area contributed by atoms with Crippen LogP contribution in [0.3, 0.4) is 0 Å². The van der Waals surface area contributed by atoms with E-state index in [0.717, 1.165) is 31.6 Å². The third kappa shape index (κ3) is 4.83. The fraction of sp³-hybridized carbons (Fsp3) is 0.333. The summed E-state index contributed by atoms with van der Waals surface area (Å²) in [5.41, 5.74) is 7.39. The van der Waals surface area contributed by atoms with Gasteiger partial charge >= 0.3 is 0 Å². The molecule has 0 bridgehead atoms. The molecule has 2 aliphatic rings. The molecule has 3 heterocycles. The Morgan fingerprint density at radius 3 is 2.36 bits per heavy atom. The summed E-state index contributed by atoms with van der Waals surface area (Å²) in [6, 6.07) is 14.3. The molecule has 2 fully saturated rings. The molecule has 2 aromatic carbocycles. The normalized spacial score (nSPS) is 20.3. The molecule has 0 radical (unpaired) electrons. The first-order valence-corrected chi connectivity index (χ1v) is 12.4. The molecule has 186 valence electrons. The van der Waals surface area contributed by atoms with Gasteiger partial charge in [-0.25, -0.2) is 9.37 Å². The highest BCUT2D eigenvalue weighted by Gasteiger charge is 2.42. The lowest BCUT2D eigenvalue weighted by atomic mass is 9.90. The molecule has 9 heteroatoms. The first-order chi connectivity index (χ1) is 17.4. The lowest BCUT2D eigenvalue weighted by Crippen LogP contribution is -2.34. The third-order valence-corrected chi connectivity index (χ3v) is 7.57. The van der Waals surface area contributed by atoms with Gasteiger partial charge < -0.3 is 15.5 Å². The monoisotopic (exact) mass is 507 g/mol. The number of nitrogens with two attached hydrogens (primary N) is 1. The minimum absolute atomic E-state index is 0.0454. The Kier molecular flexibility index (Phi) is 6.98. The van der Waals surface area contributed by atoms with Crippen LogP contribution < -0.4 is 5.73 Å². The Labute approximate surface area is 214 Å². The maximum Gasteiger partial charge on any atom is 0.269 e. The van der Waals surface area contributed by atoms with Gasteiger partial charge in [0.1, 0.15) is 11.5 Å². The van der Waals surface area contributed by atoms with Crippen molar-refractivity contribution in [3.63, 3.8) is 0 Å². The Bertz CT molecular complexity index is 1240. The second kappa shape index (κ2) is 10.3. The average Bonchev–Trinajstić information content (AvgIpc) is 3.44. The van der Waals surface area contributed by atoms with Gasteiger partial charge in [0.25, 0.3) is 11.8 Å². The van der Waals surface area contributed by atoms with Crippen molar-refractivity contribution < 1.29 is 14.0 Å². The van der Waals surface area contributed by atoms with Crippen molar-refractivity contribution in [1.29, 1.82) is 0 Å². The number of likely N-dealkylation sites (tertiary alicyclic amines) is 2. The van der Waals surface area contributed by atoms with Gasteiger partial charge in [-0.3, -0.25) is 14.6 Å². The standard InChI is InChI=1S/C27H27ClFN5O2/c28-21-7-4-8-22(29)23(21)27(36)34-15-18-13-33(14-19(18)16-34)12-9-20(17-5-2-1-3-6-17)24-25(26(30)35)32-11-10-31-24/h1-8,10-11,18-20H,9,12-16H2,(H2,30,35)/t18?,19?,20-/m0/s1. The number of carbonyl (C=O) groups is 2. The van der Waals surface area contributed by atoms with Gasteiger partial charge in [0.2, 0.25) is 0 Å². The Hall–Kier alpha value is -3.36. The van der Waals surface area contributed by atoms with E-state index < -0.39 is 11.7 Å². The molecular formula is C27H27ClFN5O2. The smallest absolute Gasteiger partial charge is 0.269 e. The number of amides is 2. The zero-order valence-corrected chi connectivity index (χ0v) is 20.4. The van der Waals surface area contributed by atoms with Crippen molar-refractivity contribution in [3.05, 3.63) is 94.3 Å². The molecule has 7 nitrogen and oxygen atoms in total. The zero-order chi connectivity index (χ0) is 25.2. The summed E-state index contributed by atoms with van der Waals surface area (Å²) in [4.78, 5) is 37.8. The van der Waals surface area contributed by atoms with E-state index in [1.807, 2.05) is 30.3 Å². The van der Waals surface area contributed by atoms with Crippen LogP contribution in [-0.4, -0.2) is 64.3 Å². The fourth-order valence-corrected chi connectivity index (χ4v) is 5.79. The number of halogens is 2. The Morgan fingerprint density at radius 2 is 1.69 bits per heavy atom. The number of fused-ring (bicyclic) bond motifs is 1. The van der Waals surface area contributed by atoms with Crippen LogP contribution in [0, 0.1) is 17.7 Å². The molecule has 2 aliphatic heterocycles. The van der Waals surface area contributed by atoms with Crippen LogP contribution in [0.15, 0.2) is 60.9 Å². The van der Waals surface area contributed by atoms with Crippen LogP contribution in [0.4, 0.5) is 4.39 Å². The molecule has 0 aliphatic carbocycles. The van der Waals surface area contributed by atoms with E-state index >= 15 is 0 Å². The summed E-state index contributed by atoms with van der Waals surface area (Å²) in [5.74, 6) is -0.986. The highest BCUT2D eigenvalue weighted by molar-refractivity contribution is 6.33. The predicted molar refractivity (Wildman–Crippen MR) is 134 cm³/mol. The second-order valence-electron chi connectivity index (χ2n) is 9.49. The molecule has 5 rings (SSSR count). The van der Waals surface area contributed by atoms with Crippen molar-refractivity contribution >= 4 is 23.4 Å². The van der Waals surface area contributed by atoms with Crippen LogP contribution in [0.1, 0.15) is 44.4 Å². The summed E-state index contributed by atoms with van der Waals surface area (Å²) in [6.45, 7) is 3.67. The molecule has 2 amide bonds. The van der Waals surface area contributed by atoms with Gasteiger partial charge in [-0.05, 0) is 42.5 Å². The van der Waals surface area contributed by atoms with Gasteiger partial charge in [-0.2, -0.15) is 0 Å². The highest BCUT2D eigenvalue weighted by Crippen LogP contribution is 2.35. The number of rotatable bonds is 7. The number of hydrogen-bond acceptors (Lipinski definition) is 5. The van der Waals surface area contributed by atoms with Crippen molar-refractivity contribution in [2.75, 3.05) is 32.7 Å². The quantitative estimate of drug-likeness (QED) is 0.527. The largest absolute Gasteiger partial charge is 0.364 e. The van der Waals surface area contributed by atoms with Crippen LogP contribution in [-0.2, 0) is 0 Å². The summed E-state index contributed by atoms with van der Waals surface area (Å²) in [5, 5.41) is 0.144. The summed E-state index contributed by atoms with van der Waals surface area (Å²) >= 11 is 6.11. The minimum atomic E-state index is -0.588. The topological polar surface area (TPSA) is 92.4 Å². The van der Waals surface area contributed by atoms with E-state index in [1.165, 1.54) is 18.3 Å². The molecule has 3 atom stereocenters. The first-order valence-electron chi connectivity index (χ1n) is 12.0. The van der Waals surface area contributed by atoms with E-state index in [1.54, 1.807) is 17.2 Å². The minimum Gasteiger partial charge on any atom is -0.364 e. The number of nitrogens with zero attached hydrogens (tertiary/aromatic N) is 4. The van der Waals surface area contributed by atoms with E-state index in [2.05, 4.69) is 14.9 Å².